The number of nitrogens with zero attached hydrogens (tertiary/aromatic N) is 2. The van der Waals surface area contributed by atoms with Crippen molar-refractivity contribution in [3.63, 3.8) is 0 Å². The minimum atomic E-state index is -0.447. The average molecular weight is 411 g/mol. The van der Waals surface area contributed by atoms with Crippen LogP contribution >= 0.6 is 0 Å². The van der Waals surface area contributed by atoms with Crippen LogP contribution in [0.15, 0.2) is 12.1 Å². The van der Waals surface area contributed by atoms with E-state index in [0.29, 0.717) is 43.1 Å². The van der Waals surface area contributed by atoms with Gasteiger partial charge in [-0.25, -0.2) is 4.68 Å². The molecule has 1 aromatic heterocycles. The Morgan fingerprint density at radius 3 is 2.60 bits per heavy atom. The number of ether oxygens (including phenoxy) is 1. The molecule has 2 aliphatic rings. The van der Waals surface area contributed by atoms with Gasteiger partial charge in [-0.2, -0.15) is 5.10 Å². The second-order valence-electron chi connectivity index (χ2n) is 9.79. The highest BCUT2D eigenvalue weighted by Gasteiger charge is 2.64. The monoisotopic (exact) mass is 410 g/mol. The van der Waals surface area contributed by atoms with Crippen molar-refractivity contribution in [2.75, 3.05) is 6.61 Å². The van der Waals surface area contributed by atoms with Crippen molar-refractivity contribution in [1.29, 1.82) is 0 Å². The first-order valence-electron chi connectivity index (χ1n) is 11.2. The van der Waals surface area contributed by atoms with Crippen molar-refractivity contribution >= 4 is 5.91 Å². The smallest absolute Gasteiger partial charge is 0.247 e. The summed E-state index contributed by atoms with van der Waals surface area (Å²) < 4.78 is 7.51. The first-order chi connectivity index (χ1) is 14.1. The van der Waals surface area contributed by atoms with E-state index in [4.69, 9.17) is 4.74 Å². The molecule has 0 saturated heterocycles. The fraction of sp³-hybridized carbons (Fsp3) is 0.600. The zero-order chi connectivity index (χ0) is 21.8. The van der Waals surface area contributed by atoms with Crippen molar-refractivity contribution in [1.82, 2.24) is 9.78 Å². The van der Waals surface area contributed by atoms with Crippen LogP contribution in [0.25, 0.3) is 0 Å². The van der Waals surface area contributed by atoms with Gasteiger partial charge >= 0.3 is 0 Å². The minimum absolute atomic E-state index is 0.0835. The van der Waals surface area contributed by atoms with E-state index >= 15 is 0 Å². The normalized spacial score (nSPS) is 21.8. The molecule has 162 valence electrons. The first-order valence-corrected chi connectivity index (χ1v) is 11.2. The molecule has 3 atom stereocenters. The van der Waals surface area contributed by atoms with Gasteiger partial charge < -0.3 is 9.84 Å². The molecule has 4 rings (SSSR count). The third-order valence-corrected chi connectivity index (χ3v) is 7.26. The minimum Gasteiger partial charge on any atom is -0.490 e. The van der Waals surface area contributed by atoms with Gasteiger partial charge in [0.2, 0.25) is 5.91 Å². The fourth-order valence-corrected chi connectivity index (χ4v) is 5.37. The van der Waals surface area contributed by atoms with Gasteiger partial charge in [-0.3, -0.25) is 4.79 Å². The summed E-state index contributed by atoms with van der Waals surface area (Å²) in [6.07, 6.45) is 2.34. The number of hydrogen-bond donors (Lipinski definition) is 1. The van der Waals surface area contributed by atoms with Gasteiger partial charge in [-0.15, -0.1) is 0 Å². The van der Waals surface area contributed by atoms with E-state index in [1.54, 1.807) is 4.68 Å². The molecule has 0 amide bonds. The summed E-state index contributed by atoms with van der Waals surface area (Å²) in [5, 5.41) is 14.4. The zero-order valence-corrected chi connectivity index (χ0v) is 19.1. The zero-order valence-electron chi connectivity index (χ0n) is 19.1. The molecule has 30 heavy (non-hydrogen) atoms. The lowest BCUT2D eigenvalue weighted by Gasteiger charge is -2.16. The molecule has 0 bridgehead atoms. The molecule has 1 heterocycles. The number of hydrogen-bond acceptors (Lipinski definition) is 4. The van der Waals surface area contributed by atoms with Gasteiger partial charge in [0, 0.05) is 12.0 Å². The van der Waals surface area contributed by atoms with E-state index in [0.717, 1.165) is 40.2 Å². The van der Waals surface area contributed by atoms with Crippen LogP contribution in [0.4, 0.5) is 0 Å². The highest BCUT2D eigenvalue weighted by molar-refractivity contribution is 5.80. The third-order valence-electron chi connectivity index (χ3n) is 7.26. The molecule has 1 fully saturated rings. The second-order valence-corrected chi connectivity index (χ2v) is 9.79. The van der Waals surface area contributed by atoms with Crippen LogP contribution in [-0.4, -0.2) is 33.5 Å². The summed E-state index contributed by atoms with van der Waals surface area (Å²) in [5.41, 5.74) is 7.09. The second kappa shape index (κ2) is 7.52. The summed E-state index contributed by atoms with van der Waals surface area (Å²) in [7, 11) is 0. The first kappa shape index (κ1) is 21.1. The van der Waals surface area contributed by atoms with Crippen LogP contribution in [0.1, 0.15) is 78.0 Å². The Balaban J connectivity index is 1.43. The maximum Gasteiger partial charge on any atom is 0.247 e. The number of benzene rings is 1. The molecule has 1 aromatic carbocycles. The van der Waals surface area contributed by atoms with Gasteiger partial charge in [-0.1, -0.05) is 32.9 Å². The third kappa shape index (κ3) is 3.47. The number of rotatable bonds is 7. The molecule has 1 saturated carbocycles. The summed E-state index contributed by atoms with van der Waals surface area (Å²) in [6.45, 7) is 13.0. The van der Waals surface area contributed by atoms with Crippen LogP contribution < -0.4 is 4.74 Å². The maximum atomic E-state index is 13.0. The lowest BCUT2D eigenvalue weighted by molar-refractivity contribution is 0.0882. The van der Waals surface area contributed by atoms with Crippen molar-refractivity contribution in [3.05, 3.63) is 45.8 Å². The molecule has 2 aromatic rings. The molecule has 1 N–H and O–H groups in total. The molecular weight excluding hydrogens is 376 g/mol. The Morgan fingerprint density at radius 1 is 1.30 bits per heavy atom. The highest BCUT2D eigenvalue weighted by atomic mass is 16.5. The van der Waals surface area contributed by atoms with Crippen LogP contribution in [0.3, 0.4) is 0 Å². The average Bonchev–Trinajstić information content (AvgIpc) is 3.02. The van der Waals surface area contributed by atoms with Crippen molar-refractivity contribution in [3.8, 4) is 5.75 Å². The lowest BCUT2D eigenvalue weighted by atomic mass is 9.98. The Labute approximate surface area is 179 Å². The van der Waals surface area contributed by atoms with Gasteiger partial charge in [-0.05, 0) is 74.0 Å². The number of aromatic nitrogens is 2. The molecule has 2 aliphatic carbocycles. The standard InChI is InChI=1S/C25H34N2O3/c1-7-18(28)13-30-24-14(2)10-17(11-15(24)3)8-9-21(29)27-20-12-19-23(25(19,5)6)22(20)16(4)26-27/h10-11,18-19,23,28H,7-9,12-13H2,1-6H3. The van der Waals surface area contributed by atoms with E-state index < -0.39 is 6.10 Å². The number of fused-ring (bicyclic) bond motifs is 3. The Kier molecular flexibility index (Phi) is 5.29. The molecule has 0 radical (unpaired) electrons. The molecule has 0 spiro atoms. The molecular formula is C25H34N2O3. The van der Waals surface area contributed by atoms with E-state index in [2.05, 4.69) is 31.1 Å². The molecule has 3 unspecified atom stereocenters. The van der Waals surface area contributed by atoms with Crippen molar-refractivity contribution < 1.29 is 14.6 Å². The highest BCUT2D eigenvalue weighted by Crippen LogP contribution is 2.70. The van der Waals surface area contributed by atoms with E-state index in [-0.39, 0.29) is 5.91 Å². The van der Waals surface area contributed by atoms with Crippen LogP contribution in [0.2, 0.25) is 0 Å². The Morgan fingerprint density at radius 2 is 1.97 bits per heavy atom. The number of carbonyl (C=O) groups excluding carboxylic acids is 1. The number of aliphatic hydroxyl groups excluding tert-OH is 1. The molecule has 5 heteroatoms. The van der Waals surface area contributed by atoms with Crippen LogP contribution in [0.5, 0.6) is 5.75 Å². The van der Waals surface area contributed by atoms with E-state index in [1.807, 2.05) is 27.7 Å². The number of aryl methyl sites for hydroxylation is 4. The summed E-state index contributed by atoms with van der Waals surface area (Å²) in [6, 6.07) is 4.18. The predicted molar refractivity (Wildman–Crippen MR) is 117 cm³/mol. The summed E-state index contributed by atoms with van der Waals surface area (Å²) in [4.78, 5) is 13.0. The Bertz CT molecular complexity index is 966. The SMILES string of the molecule is CCC(O)COc1c(C)cc(CCC(=O)n2nc(C)c3c2CC2C3C2(C)C)cc1C. The summed E-state index contributed by atoms with van der Waals surface area (Å²) >= 11 is 0. The number of carbonyl (C=O) groups is 1. The van der Waals surface area contributed by atoms with Crippen LogP contribution in [0, 0.1) is 32.1 Å². The molecule has 5 nitrogen and oxygen atoms in total. The van der Waals surface area contributed by atoms with Crippen molar-refractivity contribution in [2.45, 2.75) is 79.2 Å². The maximum absolute atomic E-state index is 13.0. The van der Waals surface area contributed by atoms with Gasteiger partial charge in [0.15, 0.2) is 0 Å². The van der Waals surface area contributed by atoms with Gasteiger partial charge in [0.1, 0.15) is 12.4 Å². The fourth-order valence-electron chi connectivity index (χ4n) is 5.37. The van der Waals surface area contributed by atoms with E-state index in [9.17, 15) is 9.90 Å². The lowest BCUT2D eigenvalue weighted by Crippen LogP contribution is -2.18. The largest absolute Gasteiger partial charge is 0.490 e. The van der Waals surface area contributed by atoms with Gasteiger partial charge in [0.25, 0.3) is 0 Å². The Hall–Kier alpha value is -2.14. The van der Waals surface area contributed by atoms with E-state index in [1.165, 1.54) is 5.56 Å². The topological polar surface area (TPSA) is 64.3 Å². The molecule has 0 aliphatic heterocycles. The van der Waals surface area contributed by atoms with Crippen LogP contribution in [-0.2, 0) is 12.8 Å². The van der Waals surface area contributed by atoms with Crippen molar-refractivity contribution in [2.24, 2.45) is 11.3 Å². The summed E-state index contributed by atoms with van der Waals surface area (Å²) in [5.74, 6) is 2.17. The predicted octanol–water partition coefficient (Wildman–Crippen LogP) is 4.53. The number of aliphatic hydroxyl groups is 1. The quantitative estimate of drug-likeness (QED) is 0.728. The van der Waals surface area contributed by atoms with Gasteiger partial charge in [0.05, 0.1) is 17.5 Å².